The second kappa shape index (κ2) is 14.0. The maximum absolute atomic E-state index is 13.6. The largest absolute Gasteiger partial charge is 0.459 e. The van der Waals surface area contributed by atoms with Gasteiger partial charge in [0, 0.05) is 23.4 Å². The maximum Gasteiger partial charge on any atom is 0.340 e. The minimum atomic E-state index is -0.361. The van der Waals surface area contributed by atoms with Gasteiger partial charge in [0.15, 0.2) is 0 Å². The molecule has 8 heteroatoms. The van der Waals surface area contributed by atoms with E-state index in [4.69, 9.17) is 19.7 Å². The molecule has 0 atom stereocenters. The number of carbonyl (C=O) groups is 2. The lowest BCUT2D eigenvalue weighted by Gasteiger charge is -2.22. The number of aliphatic imine (C=N–C) groups is 1. The van der Waals surface area contributed by atoms with E-state index in [0.29, 0.717) is 46.8 Å². The average Bonchev–Trinajstić information content (AvgIpc) is 3.52. The Labute approximate surface area is 253 Å². The fourth-order valence-corrected chi connectivity index (χ4v) is 6.28. The van der Waals surface area contributed by atoms with E-state index in [1.54, 1.807) is 0 Å². The van der Waals surface area contributed by atoms with Gasteiger partial charge in [-0.2, -0.15) is 0 Å². The number of aromatic amines is 1. The van der Waals surface area contributed by atoms with Gasteiger partial charge in [0.25, 0.3) is 0 Å². The van der Waals surface area contributed by atoms with Crippen molar-refractivity contribution < 1.29 is 29.2 Å². The number of hydrogen-bond donors (Lipinski definition) is 2. The van der Waals surface area contributed by atoms with Gasteiger partial charge in [0.2, 0.25) is 0 Å². The molecule has 8 nitrogen and oxygen atoms in total. The quantitative estimate of drug-likeness (QED) is 0.127. The molecule has 2 N–H and O–H groups in total. The molecule has 3 aliphatic rings. The summed E-state index contributed by atoms with van der Waals surface area (Å²) in [4.78, 5) is 39.7. The van der Waals surface area contributed by atoms with Gasteiger partial charge >= 0.3 is 11.9 Å². The first-order valence-electron chi connectivity index (χ1n) is 15.6. The number of hydrogen-bond acceptors (Lipinski definition) is 7. The third-order valence-electron chi connectivity index (χ3n) is 8.77. The van der Waals surface area contributed by atoms with Crippen molar-refractivity contribution in [3.05, 3.63) is 87.6 Å². The number of allylic oxidation sites excluding steroid dienone is 2. The Balaban J connectivity index is 1.50. The zero-order valence-corrected chi connectivity index (χ0v) is 25.2. The van der Waals surface area contributed by atoms with Crippen molar-refractivity contribution in [3.8, 4) is 0 Å². The first-order valence-corrected chi connectivity index (χ1v) is 15.6. The van der Waals surface area contributed by atoms with Crippen molar-refractivity contribution in [1.82, 2.24) is 4.98 Å². The number of nitrogens with one attached hydrogen (secondary N) is 1. The number of ether oxygens (including phenoxy) is 2. The van der Waals surface area contributed by atoms with Gasteiger partial charge in [-0.05, 0) is 88.8 Å². The molecule has 1 aromatic heterocycles. The number of aryl methyl sites for hydroxylation is 1. The zero-order chi connectivity index (χ0) is 30.3. The number of carbonyl (C=O) groups excluding carboxylic acids is 2. The van der Waals surface area contributed by atoms with E-state index < -0.39 is 0 Å². The number of nitrogens with zero attached hydrogens (tertiary/aromatic N) is 1. The van der Waals surface area contributed by atoms with Crippen molar-refractivity contribution in [3.63, 3.8) is 0 Å². The molecule has 2 heterocycles. The van der Waals surface area contributed by atoms with Crippen molar-refractivity contribution in [2.75, 3.05) is 0 Å². The van der Waals surface area contributed by atoms with E-state index in [1.165, 1.54) is 6.42 Å². The van der Waals surface area contributed by atoms with Crippen LogP contribution in [0.4, 0.5) is 0 Å². The molecule has 228 valence electrons. The molecule has 0 unspecified atom stereocenters. The average molecular weight is 587 g/mol. The standard InChI is InChI=1S/C35H42N2O6/c1-22(43-40)19-20-28-31(34(38)41-26-15-9-5-10-16-26)23(2)29(36-28)21-30-24(3)32(33(37-30)25-13-7-4-8-14-25)35(39)42-27-17-11-6-12-18-27/h4,7-8,13-14,21,26-27,36,40H,1,5-6,9-12,15-20H2,2-3H3/b30-21-. The van der Waals surface area contributed by atoms with Gasteiger partial charge in [0.1, 0.15) is 18.0 Å². The van der Waals surface area contributed by atoms with E-state index in [2.05, 4.69) is 16.5 Å². The second-order valence-corrected chi connectivity index (χ2v) is 11.8. The highest BCUT2D eigenvalue weighted by Gasteiger charge is 2.32. The number of benzene rings is 1. The van der Waals surface area contributed by atoms with Crippen molar-refractivity contribution in [2.45, 2.75) is 103 Å². The van der Waals surface area contributed by atoms with Crippen LogP contribution in [0.3, 0.4) is 0 Å². The topological polar surface area (TPSA) is 110 Å². The van der Waals surface area contributed by atoms with Gasteiger partial charge in [0.05, 0.1) is 22.5 Å². The molecule has 2 aliphatic carbocycles. The highest BCUT2D eigenvalue weighted by molar-refractivity contribution is 6.29. The molecule has 0 saturated heterocycles. The van der Waals surface area contributed by atoms with Gasteiger partial charge in [-0.25, -0.2) is 19.8 Å². The summed E-state index contributed by atoms with van der Waals surface area (Å²) in [6.45, 7) is 7.48. The third kappa shape index (κ3) is 7.19. The predicted octanol–water partition coefficient (Wildman–Crippen LogP) is 7.78. The summed E-state index contributed by atoms with van der Waals surface area (Å²) in [7, 11) is 0. The molecule has 2 aromatic rings. The molecule has 1 aliphatic heterocycles. The smallest absolute Gasteiger partial charge is 0.340 e. The first-order chi connectivity index (χ1) is 20.9. The number of aromatic nitrogens is 1. The van der Waals surface area contributed by atoms with Gasteiger partial charge in [-0.1, -0.05) is 49.8 Å². The van der Waals surface area contributed by atoms with E-state index in [9.17, 15) is 9.59 Å². The fourth-order valence-electron chi connectivity index (χ4n) is 6.28. The molecule has 5 rings (SSSR count). The lowest BCUT2D eigenvalue weighted by atomic mass is 9.97. The van der Waals surface area contributed by atoms with Crippen LogP contribution in [0, 0.1) is 6.92 Å². The highest BCUT2D eigenvalue weighted by Crippen LogP contribution is 2.34. The number of rotatable bonds is 10. The normalized spacial score (nSPS) is 19.0. The van der Waals surface area contributed by atoms with Crippen molar-refractivity contribution in [1.29, 1.82) is 0 Å². The summed E-state index contributed by atoms with van der Waals surface area (Å²) in [5.74, 6) is -0.509. The molecule has 1 aromatic carbocycles. The lowest BCUT2D eigenvalue weighted by Crippen LogP contribution is -2.24. The molecular formula is C35H42N2O6. The summed E-state index contributed by atoms with van der Waals surface area (Å²) >= 11 is 0. The minimum absolute atomic E-state index is 0.0739. The summed E-state index contributed by atoms with van der Waals surface area (Å²) in [5, 5.41) is 9.01. The number of esters is 2. The second-order valence-electron chi connectivity index (χ2n) is 11.8. The van der Waals surface area contributed by atoms with Crippen LogP contribution in [0.1, 0.15) is 110 Å². The Morgan fingerprint density at radius 2 is 1.56 bits per heavy atom. The lowest BCUT2D eigenvalue weighted by molar-refractivity contribution is -0.205. The van der Waals surface area contributed by atoms with E-state index in [0.717, 1.165) is 74.5 Å². The Hall–Kier alpha value is -3.91. The van der Waals surface area contributed by atoms with Crippen LogP contribution in [0.2, 0.25) is 0 Å². The monoisotopic (exact) mass is 586 g/mol. The highest BCUT2D eigenvalue weighted by atomic mass is 17.1. The number of H-pyrrole nitrogens is 1. The third-order valence-corrected chi connectivity index (χ3v) is 8.77. The van der Waals surface area contributed by atoms with E-state index >= 15 is 0 Å². The molecule has 2 saturated carbocycles. The summed E-state index contributed by atoms with van der Waals surface area (Å²) < 4.78 is 11.9. The van der Waals surface area contributed by atoms with Crippen LogP contribution in [0.25, 0.3) is 6.08 Å². The maximum atomic E-state index is 13.6. The Morgan fingerprint density at radius 3 is 2.16 bits per heavy atom. The summed E-state index contributed by atoms with van der Waals surface area (Å²) in [6.07, 6.45) is 12.5. The van der Waals surface area contributed by atoms with Crippen molar-refractivity contribution in [2.24, 2.45) is 4.99 Å². The molecule has 0 bridgehead atoms. The molecule has 0 amide bonds. The van der Waals surface area contributed by atoms with Crippen molar-refractivity contribution >= 4 is 23.7 Å². The zero-order valence-electron chi connectivity index (χ0n) is 25.2. The molecule has 43 heavy (non-hydrogen) atoms. The van der Waals surface area contributed by atoms with E-state index in [1.807, 2.05) is 50.3 Å². The summed E-state index contributed by atoms with van der Waals surface area (Å²) in [5.41, 5.74) is 5.84. The molecular weight excluding hydrogens is 544 g/mol. The Bertz CT molecular complexity index is 1440. The van der Waals surface area contributed by atoms with Gasteiger partial charge in [-0.15, -0.1) is 0 Å². The minimum Gasteiger partial charge on any atom is -0.459 e. The van der Waals surface area contributed by atoms with Crippen LogP contribution < -0.4 is 0 Å². The van der Waals surface area contributed by atoms with Crippen LogP contribution in [0.5, 0.6) is 0 Å². The summed E-state index contributed by atoms with van der Waals surface area (Å²) in [6, 6.07) is 9.66. The first kappa shape index (κ1) is 30.5. The van der Waals surface area contributed by atoms with Gasteiger partial charge in [-0.3, -0.25) is 0 Å². The van der Waals surface area contributed by atoms with Gasteiger partial charge < -0.3 is 19.3 Å². The Kier molecular flexibility index (Phi) is 9.97. The van der Waals surface area contributed by atoms with E-state index in [-0.39, 0.29) is 29.9 Å². The Morgan fingerprint density at radius 1 is 0.953 bits per heavy atom. The van der Waals surface area contributed by atoms with Crippen LogP contribution >= 0.6 is 0 Å². The molecule has 2 fully saturated rings. The van der Waals surface area contributed by atoms with Crippen LogP contribution in [0.15, 0.2) is 64.5 Å². The van der Waals surface area contributed by atoms with Crippen LogP contribution in [-0.2, 0) is 25.6 Å². The van der Waals surface area contributed by atoms with Crippen LogP contribution in [-0.4, -0.2) is 40.1 Å². The SMILES string of the molecule is C=C(CCc1[nH]c(/C=C2\N=C(c3ccccc3)C(C(=O)OC3CCCCC3)=C2C)c(C)c1C(=O)OC1CCCCC1)OO. The molecule has 0 spiro atoms. The fraction of sp³-hybridized carbons (Fsp3) is 0.457. The predicted molar refractivity (Wildman–Crippen MR) is 166 cm³/mol. The molecule has 0 radical (unpaired) electrons.